The van der Waals surface area contributed by atoms with Crippen LogP contribution in [0.15, 0.2) is 53.8 Å². The zero-order valence-corrected chi connectivity index (χ0v) is 17.2. The lowest BCUT2D eigenvalue weighted by Crippen LogP contribution is -2.39. The Balaban J connectivity index is 1.53. The average Bonchev–Trinajstić information content (AvgIpc) is 3.12. The molecule has 3 rings (SSSR count). The third kappa shape index (κ3) is 5.70. The van der Waals surface area contributed by atoms with Gasteiger partial charge in [-0.25, -0.2) is 14.4 Å². The summed E-state index contributed by atoms with van der Waals surface area (Å²) in [6.07, 6.45) is 4.60. The molecule has 7 heteroatoms. The number of nitrogens with one attached hydrogen (secondary N) is 2. The van der Waals surface area contributed by atoms with Crippen LogP contribution in [0.5, 0.6) is 5.75 Å². The molecule has 0 fully saturated rings. The number of guanidine groups is 1. The fourth-order valence-electron chi connectivity index (χ4n) is 2.99. The molecule has 0 saturated carbocycles. The second-order valence-electron chi connectivity index (χ2n) is 6.91. The van der Waals surface area contributed by atoms with E-state index in [1.54, 1.807) is 18.2 Å². The summed E-state index contributed by atoms with van der Waals surface area (Å²) in [4.78, 5) is 9.24. The van der Waals surface area contributed by atoms with E-state index < -0.39 is 0 Å². The van der Waals surface area contributed by atoms with Crippen molar-refractivity contribution >= 4 is 11.6 Å². The highest BCUT2D eigenvalue weighted by Gasteiger charge is 2.08. The lowest BCUT2D eigenvalue weighted by molar-refractivity contribution is 0.220. The molecular weight excluding hydrogens is 369 g/mol. The Kier molecular flexibility index (Phi) is 7.05. The lowest BCUT2D eigenvalue weighted by atomic mass is 10.3. The number of para-hydroxylation sites is 1. The molecule has 0 aliphatic carbocycles. The molecule has 0 aliphatic heterocycles. The van der Waals surface area contributed by atoms with Crippen molar-refractivity contribution < 1.29 is 9.13 Å². The molecule has 29 heavy (non-hydrogen) atoms. The predicted molar refractivity (Wildman–Crippen MR) is 114 cm³/mol. The molecule has 1 unspecified atom stereocenters. The van der Waals surface area contributed by atoms with Gasteiger partial charge in [0.25, 0.3) is 0 Å². The normalized spacial score (nSPS) is 12.8. The number of rotatable bonds is 8. The average molecular weight is 397 g/mol. The number of imidazole rings is 1. The van der Waals surface area contributed by atoms with E-state index in [0.29, 0.717) is 19.0 Å². The van der Waals surface area contributed by atoms with Crippen molar-refractivity contribution in [1.29, 1.82) is 0 Å². The number of hydrogen-bond acceptors (Lipinski definition) is 3. The minimum Gasteiger partial charge on any atom is -0.486 e. The van der Waals surface area contributed by atoms with Gasteiger partial charge in [0.15, 0.2) is 17.5 Å². The second kappa shape index (κ2) is 9.91. The first-order chi connectivity index (χ1) is 14.1. The van der Waals surface area contributed by atoms with Crippen LogP contribution >= 0.6 is 0 Å². The van der Waals surface area contributed by atoms with Gasteiger partial charge in [0, 0.05) is 31.9 Å². The minimum atomic E-state index is -0.365. The van der Waals surface area contributed by atoms with E-state index in [2.05, 4.69) is 34.8 Å². The van der Waals surface area contributed by atoms with Crippen LogP contribution in [-0.2, 0) is 6.42 Å². The summed E-state index contributed by atoms with van der Waals surface area (Å²) >= 11 is 0. The van der Waals surface area contributed by atoms with Crippen LogP contribution in [-0.4, -0.2) is 41.1 Å². The number of aryl methyl sites for hydroxylation is 1. The highest BCUT2D eigenvalue weighted by Crippen LogP contribution is 2.17. The van der Waals surface area contributed by atoms with Gasteiger partial charge in [-0.1, -0.05) is 18.2 Å². The molecule has 2 heterocycles. The number of halogens is 1. The third-order valence-corrected chi connectivity index (χ3v) is 4.42. The number of aliphatic imine (C=N–C) groups is 1. The molecule has 1 atom stereocenters. The van der Waals surface area contributed by atoms with E-state index in [4.69, 9.17) is 9.72 Å². The number of fused-ring (bicyclic) bond motifs is 1. The molecule has 2 aromatic heterocycles. The van der Waals surface area contributed by atoms with Gasteiger partial charge in [-0.15, -0.1) is 0 Å². The van der Waals surface area contributed by atoms with Gasteiger partial charge in [-0.2, -0.15) is 0 Å². The van der Waals surface area contributed by atoms with E-state index in [-0.39, 0.29) is 17.7 Å². The van der Waals surface area contributed by atoms with Gasteiger partial charge >= 0.3 is 0 Å². The Morgan fingerprint density at radius 2 is 2.07 bits per heavy atom. The molecule has 0 spiro atoms. The van der Waals surface area contributed by atoms with E-state index in [1.807, 2.05) is 30.5 Å². The van der Waals surface area contributed by atoms with E-state index in [9.17, 15) is 4.39 Å². The monoisotopic (exact) mass is 397 g/mol. The molecule has 2 N–H and O–H groups in total. The van der Waals surface area contributed by atoms with Crippen molar-refractivity contribution in [2.24, 2.45) is 4.99 Å². The maximum Gasteiger partial charge on any atom is 0.191 e. The molecule has 0 radical (unpaired) electrons. The number of benzene rings is 1. The Hall–Kier alpha value is -3.09. The maximum atomic E-state index is 13.7. The zero-order valence-electron chi connectivity index (χ0n) is 17.2. The smallest absolute Gasteiger partial charge is 0.191 e. The molecular formula is C22H28FN5O. The summed E-state index contributed by atoms with van der Waals surface area (Å²) < 4.78 is 21.4. The van der Waals surface area contributed by atoms with Crippen LogP contribution in [0.2, 0.25) is 0 Å². The number of pyridine rings is 1. The van der Waals surface area contributed by atoms with Gasteiger partial charge < -0.3 is 19.8 Å². The number of aromatic nitrogens is 2. The number of nitrogens with zero attached hydrogens (tertiary/aromatic N) is 3. The summed E-state index contributed by atoms with van der Waals surface area (Å²) in [6, 6.07) is 10.5. The molecule has 6 nitrogen and oxygen atoms in total. The number of ether oxygens (including phenoxy) is 1. The molecule has 3 aromatic rings. The van der Waals surface area contributed by atoms with Gasteiger partial charge in [0.05, 0.1) is 12.2 Å². The van der Waals surface area contributed by atoms with Gasteiger partial charge in [0.1, 0.15) is 11.8 Å². The standard InChI is InChI=1S/C22H28FN5O/c1-4-24-22(26-14-17(3)29-20-10-6-5-9-19(20)23)25-12-11-18-15-28-13-7-8-16(2)21(28)27-18/h5-10,13,15,17H,4,11-12,14H2,1-3H3,(H2,24,25,26). The molecule has 1 aromatic carbocycles. The first kappa shape index (κ1) is 20.6. The first-order valence-corrected chi connectivity index (χ1v) is 9.93. The summed E-state index contributed by atoms with van der Waals surface area (Å²) in [5.74, 6) is 0.586. The lowest BCUT2D eigenvalue weighted by Gasteiger charge is -2.15. The van der Waals surface area contributed by atoms with Gasteiger partial charge in [-0.3, -0.25) is 0 Å². The van der Waals surface area contributed by atoms with E-state index in [0.717, 1.165) is 29.9 Å². The Morgan fingerprint density at radius 1 is 1.24 bits per heavy atom. The summed E-state index contributed by atoms with van der Waals surface area (Å²) in [6.45, 7) is 7.82. The summed E-state index contributed by atoms with van der Waals surface area (Å²) in [7, 11) is 0. The molecule has 0 bridgehead atoms. The predicted octanol–water partition coefficient (Wildman–Crippen LogP) is 3.35. The van der Waals surface area contributed by atoms with Gasteiger partial charge in [0.2, 0.25) is 0 Å². The van der Waals surface area contributed by atoms with Crippen molar-refractivity contribution in [3.05, 3.63) is 65.9 Å². The highest BCUT2D eigenvalue weighted by atomic mass is 19.1. The molecule has 154 valence electrons. The fourth-order valence-corrected chi connectivity index (χ4v) is 2.99. The topological polar surface area (TPSA) is 63.0 Å². The SMILES string of the molecule is CCNC(=NCC(C)Oc1ccccc1F)NCCc1cn2cccc(C)c2n1. The summed E-state index contributed by atoms with van der Waals surface area (Å²) in [5.41, 5.74) is 3.17. The Morgan fingerprint density at radius 3 is 2.83 bits per heavy atom. The van der Waals surface area contributed by atoms with E-state index >= 15 is 0 Å². The molecule has 0 amide bonds. The van der Waals surface area contributed by atoms with Crippen molar-refractivity contribution in [1.82, 2.24) is 20.0 Å². The van der Waals surface area contributed by atoms with E-state index in [1.165, 1.54) is 6.07 Å². The Labute approximate surface area is 170 Å². The fraction of sp³-hybridized carbons (Fsp3) is 0.364. The van der Waals surface area contributed by atoms with Crippen LogP contribution in [0.25, 0.3) is 5.65 Å². The van der Waals surface area contributed by atoms with Crippen molar-refractivity contribution in [3.8, 4) is 5.75 Å². The van der Waals surface area contributed by atoms with Crippen molar-refractivity contribution in [3.63, 3.8) is 0 Å². The zero-order chi connectivity index (χ0) is 20.6. The number of hydrogen-bond donors (Lipinski definition) is 2. The van der Waals surface area contributed by atoms with Crippen LogP contribution in [0.3, 0.4) is 0 Å². The van der Waals surface area contributed by atoms with Crippen LogP contribution in [0, 0.1) is 12.7 Å². The quantitative estimate of drug-likeness (QED) is 0.452. The first-order valence-electron chi connectivity index (χ1n) is 9.93. The maximum absolute atomic E-state index is 13.7. The van der Waals surface area contributed by atoms with Crippen molar-refractivity contribution in [2.45, 2.75) is 33.3 Å². The van der Waals surface area contributed by atoms with Crippen LogP contribution in [0.4, 0.5) is 4.39 Å². The largest absolute Gasteiger partial charge is 0.486 e. The van der Waals surface area contributed by atoms with Crippen LogP contribution in [0.1, 0.15) is 25.1 Å². The molecule has 0 aliphatic rings. The highest BCUT2D eigenvalue weighted by molar-refractivity contribution is 5.79. The minimum absolute atomic E-state index is 0.246. The third-order valence-electron chi connectivity index (χ3n) is 4.42. The van der Waals surface area contributed by atoms with Gasteiger partial charge in [-0.05, 0) is 44.5 Å². The second-order valence-corrected chi connectivity index (χ2v) is 6.91. The molecule has 0 saturated heterocycles. The van der Waals surface area contributed by atoms with Crippen molar-refractivity contribution in [2.75, 3.05) is 19.6 Å². The summed E-state index contributed by atoms with van der Waals surface area (Å²) in [5, 5.41) is 6.54. The Bertz CT molecular complexity index is 969. The van der Waals surface area contributed by atoms with Crippen LogP contribution < -0.4 is 15.4 Å².